The molecule has 2 aliphatic carbocycles. The molecule has 1 unspecified atom stereocenters. The van der Waals surface area contributed by atoms with Gasteiger partial charge in [0.05, 0.1) is 6.42 Å². The van der Waals surface area contributed by atoms with E-state index in [1.807, 2.05) is 13.8 Å². The van der Waals surface area contributed by atoms with Crippen LogP contribution in [-0.4, -0.2) is 64.3 Å². The molecule has 0 bridgehead atoms. The Balaban J connectivity index is 1.94. The number of ether oxygens (including phenoxy) is 2. The minimum absolute atomic E-state index is 0.0383. The number of hydrogen-bond acceptors (Lipinski definition) is 8. The molecular formula is C22H40O7SSi. The highest BCUT2D eigenvalue weighted by atomic mass is 32.2. The zero-order chi connectivity index (χ0) is 23.0. The van der Waals surface area contributed by atoms with Crippen LogP contribution in [-0.2, 0) is 32.3 Å². The van der Waals surface area contributed by atoms with Crippen molar-refractivity contribution in [1.82, 2.24) is 0 Å². The van der Waals surface area contributed by atoms with E-state index in [0.29, 0.717) is 11.8 Å². The van der Waals surface area contributed by atoms with Crippen LogP contribution < -0.4 is 0 Å². The van der Waals surface area contributed by atoms with Gasteiger partial charge in [-0.25, -0.2) is 0 Å². The molecule has 0 aromatic heterocycles. The molecule has 2 aliphatic rings. The molecule has 2 rings (SSSR count). The maximum atomic E-state index is 13.0. The Hall–Kier alpha value is -0.613. The van der Waals surface area contributed by atoms with Crippen LogP contribution in [0.5, 0.6) is 0 Å². The highest BCUT2D eigenvalue weighted by Crippen LogP contribution is 2.36. The molecule has 0 radical (unpaired) electrons. The van der Waals surface area contributed by atoms with E-state index in [9.17, 15) is 9.59 Å². The van der Waals surface area contributed by atoms with E-state index in [2.05, 4.69) is 0 Å². The monoisotopic (exact) mass is 476 g/mol. The first kappa shape index (κ1) is 26.6. The van der Waals surface area contributed by atoms with E-state index in [1.54, 1.807) is 21.3 Å². The molecule has 0 amide bonds. The van der Waals surface area contributed by atoms with E-state index in [-0.39, 0.29) is 18.4 Å². The average molecular weight is 477 g/mol. The molecule has 2 fully saturated rings. The van der Waals surface area contributed by atoms with Crippen molar-refractivity contribution in [3.8, 4) is 0 Å². The molecule has 2 saturated carbocycles. The van der Waals surface area contributed by atoms with Gasteiger partial charge < -0.3 is 22.8 Å². The molecule has 9 heteroatoms. The Morgan fingerprint density at radius 2 is 1.35 bits per heavy atom. The van der Waals surface area contributed by atoms with Crippen LogP contribution in [0.15, 0.2) is 0 Å². The van der Waals surface area contributed by atoms with Crippen LogP contribution in [0.3, 0.4) is 0 Å². The van der Waals surface area contributed by atoms with E-state index in [4.69, 9.17) is 22.8 Å². The van der Waals surface area contributed by atoms with Crippen molar-refractivity contribution in [2.24, 2.45) is 0 Å². The van der Waals surface area contributed by atoms with Gasteiger partial charge in [0.2, 0.25) is 0 Å². The van der Waals surface area contributed by atoms with Crippen molar-refractivity contribution >= 4 is 32.5 Å². The summed E-state index contributed by atoms with van der Waals surface area (Å²) in [6, 6.07) is 0.644. The number of carbonyl (C=O) groups excluding carboxylic acids is 2. The van der Waals surface area contributed by atoms with Crippen molar-refractivity contribution < 1.29 is 32.3 Å². The second kappa shape index (κ2) is 12.0. The summed E-state index contributed by atoms with van der Waals surface area (Å²) in [5.41, 5.74) is -0.810. The summed E-state index contributed by atoms with van der Waals surface area (Å²) in [5, 5.41) is -0.571. The van der Waals surface area contributed by atoms with E-state index >= 15 is 0 Å². The van der Waals surface area contributed by atoms with Crippen LogP contribution >= 0.6 is 11.8 Å². The zero-order valence-corrected chi connectivity index (χ0v) is 21.6. The quantitative estimate of drug-likeness (QED) is 0.218. The third kappa shape index (κ3) is 8.03. The zero-order valence-electron chi connectivity index (χ0n) is 19.8. The number of hydrogen-bond donors (Lipinski definition) is 0. The summed E-state index contributed by atoms with van der Waals surface area (Å²) in [6.45, 7) is 3.98. The smallest absolute Gasteiger partial charge is 0.459 e. The molecule has 31 heavy (non-hydrogen) atoms. The average Bonchev–Trinajstić information content (AvgIpc) is 3.36. The summed E-state index contributed by atoms with van der Waals surface area (Å²) in [4.78, 5) is 25.7. The maximum Gasteiger partial charge on any atom is 0.500 e. The van der Waals surface area contributed by atoms with Crippen LogP contribution in [0.4, 0.5) is 0 Å². The molecule has 1 atom stereocenters. The molecule has 7 nitrogen and oxygen atoms in total. The fourth-order valence-electron chi connectivity index (χ4n) is 4.51. The van der Waals surface area contributed by atoms with Gasteiger partial charge in [0.1, 0.15) is 16.5 Å². The molecule has 0 aromatic carbocycles. The topological polar surface area (TPSA) is 80.3 Å². The lowest BCUT2D eigenvalue weighted by Crippen LogP contribution is -2.42. The maximum absolute atomic E-state index is 13.0. The fraction of sp³-hybridized carbons (Fsp3) is 0.909. The number of carbonyl (C=O) groups is 2. The molecule has 0 aromatic rings. The minimum Gasteiger partial charge on any atom is -0.459 e. The van der Waals surface area contributed by atoms with Crippen LogP contribution in [0.2, 0.25) is 6.04 Å². The molecule has 0 aliphatic heterocycles. The fourth-order valence-corrected chi connectivity index (χ4v) is 7.52. The van der Waals surface area contributed by atoms with Crippen molar-refractivity contribution in [2.45, 2.75) is 101 Å². The van der Waals surface area contributed by atoms with Crippen molar-refractivity contribution in [3.63, 3.8) is 0 Å². The lowest BCUT2D eigenvalue weighted by Gasteiger charge is -2.28. The molecular weight excluding hydrogens is 436 g/mol. The molecule has 0 saturated heterocycles. The first-order valence-corrected chi connectivity index (χ1v) is 14.4. The highest BCUT2D eigenvalue weighted by molar-refractivity contribution is 8.00. The summed E-state index contributed by atoms with van der Waals surface area (Å²) in [7, 11) is 2.13. The Morgan fingerprint density at radius 1 is 0.871 bits per heavy atom. The van der Waals surface area contributed by atoms with Gasteiger partial charge in [-0.05, 0) is 77.4 Å². The van der Waals surface area contributed by atoms with Gasteiger partial charge in [-0.2, -0.15) is 0 Å². The largest absolute Gasteiger partial charge is 0.500 e. The van der Waals surface area contributed by atoms with Gasteiger partial charge in [0.15, 0.2) is 0 Å². The minimum atomic E-state index is -2.65. The predicted octanol–water partition coefficient (Wildman–Crippen LogP) is 4.50. The summed E-state index contributed by atoms with van der Waals surface area (Å²) in [6.07, 6.45) is 8.60. The Bertz CT molecular complexity index is 576. The van der Waals surface area contributed by atoms with Gasteiger partial charge >= 0.3 is 20.7 Å². The first-order chi connectivity index (χ1) is 14.7. The van der Waals surface area contributed by atoms with E-state index in [0.717, 1.165) is 57.8 Å². The summed E-state index contributed by atoms with van der Waals surface area (Å²) in [5.74, 6) is 0.0488. The normalized spacial score (nSPS) is 21.1. The summed E-state index contributed by atoms with van der Waals surface area (Å²) < 4.78 is 28.0. The third-order valence-corrected chi connectivity index (χ3v) is 10.6. The van der Waals surface area contributed by atoms with Gasteiger partial charge in [-0.15, -0.1) is 11.8 Å². The van der Waals surface area contributed by atoms with E-state index < -0.39 is 25.3 Å². The molecule has 0 N–H and O–H groups in total. The van der Waals surface area contributed by atoms with Gasteiger partial charge in [0.25, 0.3) is 0 Å². The lowest BCUT2D eigenvalue weighted by molar-refractivity contribution is -0.164. The predicted molar refractivity (Wildman–Crippen MR) is 123 cm³/mol. The molecule has 0 heterocycles. The Morgan fingerprint density at radius 3 is 1.84 bits per heavy atom. The second-order valence-electron chi connectivity index (χ2n) is 9.17. The Labute approximate surface area is 192 Å². The lowest BCUT2D eigenvalue weighted by atomic mass is 10.1. The van der Waals surface area contributed by atoms with Crippen LogP contribution in [0.1, 0.15) is 78.1 Å². The van der Waals surface area contributed by atoms with Crippen molar-refractivity contribution in [1.29, 1.82) is 0 Å². The van der Waals surface area contributed by atoms with Crippen molar-refractivity contribution in [2.75, 3.05) is 27.1 Å². The highest BCUT2D eigenvalue weighted by Gasteiger charge is 2.39. The van der Waals surface area contributed by atoms with Gasteiger partial charge in [-0.3, -0.25) is 9.59 Å². The summed E-state index contributed by atoms with van der Waals surface area (Å²) >= 11 is 1.45. The van der Waals surface area contributed by atoms with Crippen LogP contribution in [0, 0.1) is 0 Å². The second-order valence-corrected chi connectivity index (χ2v) is 13.6. The van der Waals surface area contributed by atoms with Crippen molar-refractivity contribution in [3.05, 3.63) is 0 Å². The van der Waals surface area contributed by atoms with Crippen LogP contribution in [0.25, 0.3) is 0 Å². The van der Waals surface area contributed by atoms with E-state index in [1.165, 1.54) is 11.8 Å². The SMILES string of the molecule is CO[Si](CCCSC(CC(=O)OC1(C)CCCC1)C(=O)OC1(C)CCCC1)(OC)OC. The number of rotatable bonds is 13. The number of esters is 2. The molecule has 180 valence electrons. The number of thioether (sulfide) groups is 1. The third-order valence-electron chi connectivity index (χ3n) is 6.52. The van der Waals surface area contributed by atoms with Gasteiger partial charge in [-0.1, -0.05) is 0 Å². The van der Waals surface area contributed by atoms with Gasteiger partial charge in [0, 0.05) is 27.4 Å². The Kier molecular flexibility index (Phi) is 10.3. The molecule has 0 spiro atoms. The standard InChI is InChI=1S/C22H40O7SSi/c1-21(11-6-7-12-21)28-19(23)17-18(20(24)29-22(2)13-8-9-14-22)30-15-10-16-31(25-3,26-4)27-5/h18H,6-17H2,1-5H3. The first-order valence-electron chi connectivity index (χ1n) is 11.4.